The molecule has 0 fully saturated rings. The van der Waals surface area contributed by atoms with Gasteiger partial charge >= 0.3 is 0 Å². The zero-order valence-corrected chi connectivity index (χ0v) is 28.1. The van der Waals surface area contributed by atoms with Gasteiger partial charge in [-0.1, -0.05) is 75.1 Å². The molecule has 1 radical (unpaired) electrons. The number of nitrogens with zero attached hydrogens (tertiary/aromatic N) is 3. The topological polar surface area (TPSA) is 51.8 Å². The third kappa shape index (κ3) is 7.46. The van der Waals surface area contributed by atoms with E-state index in [-0.39, 0.29) is 25.5 Å². The molecule has 217 valence electrons. The summed E-state index contributed by atoms with van der Waals surface area (Å²) >= 11 is 0. The summed E-state index contributed by atoms with van der Waals surface area (Å²) in [6.45, 7) is 13.6. The van der Waals surface area contributed by atoms with Gasteiger partial charge in [0.2, 0.25) is 11.7 Å². The van der Waals surface area contributed by atoms with Crippen LogP contribution in [0.25, 0.3) is 44.6 Å². The predicted octanol–water partition coefficient (Wildman–Crippen LogP) is 8.66. The molecule has 2 aromatic carbocycles. The summed E-state index contributed by atoms with van der Waals surface area (Å²) in [5.74, 6) is -0.553. The Kier molecular flexibility index (Phi) is 9.56. The van der Waals surface area contributed by atoms with Crippen molar-refractivity contribution in [3.05, 3.63) is 109 Å². The molecule has 0 aliphatic heterocycles. The number of hydrogen-bond acceptors (Lipinski definition) is 4. The van der Waals surface area contributed by atoms with Crippen LogP contribution in [0.4, 0.5) is 4.39 Å². The fourth-order valence-corrected chi connectivity index (χ4v) is 5.71. The normalized spacial score (nSPS) is 11.6. The van der Waals surface area contributed by atoms with Crippen LogP contribution in [0.3, 0.4) is 0 Å². The zero-order chi connectivity index (χ0) is 29.2. The Hall–Kier alpha value is -3.51. The van der Waals surface area contributed by atoms with E-state index in [1.165, 1.54) is 16.8 Å². The van der Waals surface area contributed by atoms with Crippen LogP contribution in [-0.2, 0) is 26.5 Å². The predicted molar refractivity (Wildman–Crippen MR) is 168 cm³/mol. The van der Waals surface area contributed by atoms with E-state index in [2.05, 4.69) is 85.7 Å². The molecule has 42 heavy (non-hydrogen) atoms. The fourth-order valence-electron chi connectivity index (χ4n) is 4.67. The van der Waals surface area contributed by atoms with Crippen LogP contribution in [0.5, 0.6) is 0 Å². The number of pyridine rings is 3. The van der Waals surface area contributed by atoms with Crippen LogP contribution < -0.4 is 5.19 Å². The summed E-state index contributed by atoms with van der Waals surface area (Å²) in [4.78, 5) is 12.9. The van der Waals surface area contributed by atoms with Crippen LogP contribution in [0.1, 0.15) is 26.3 Å². The van der Waals surface area contributed by atoms with Crippen LogP contribution in [0.2, 0.25) is 19.6 Å². The molecule has 4 aromatic heterocycles. The number of benzene rings is 2. The Morgan fingerprint density at radius 1 is 0.857 bits per heavy atom. The van der Waals surface area contributed by atoms with Crippen molar-refractivity contribution < 1.29 is 28.9 Å². The quantitative estimate of drug-likeness (QED) is 0.103. The average Bonchev–Trinajstić information content (AvgIpc) is 3.30. The minimum Gasteiger partial charge on any atom is -0.486 e. The third-order valence-electron chi connectivity index (χ3n) is 6.69. The van der Waals surface area contributed by atoms with E-state index in [0.717, 1.165) is 39.7 Å². The van der Waals surface area contributed by atoms with Gasteiger partial charge in [0.25, 0.3) is 0 Å². The Balaban J connectivity index is 0.000000207. The Morgan fingerprint density at radius 3 is 2.33 bits per heavy atom. The van der Waals surface area contributed by atoms with Gasteiger partial charge in [-0.3, -0.25) is 0 Å². The van der Waals surface area contributed by atoms with Crippen molar-refractivity contribution in [2.45, 2.75) is 46.8 Å². The fraction of sp³-hybridized carbons (Fsp3) is 0.229. The Bertz CT molecular complexity index is 1790. The van der Waals surface area contributed by atoms with Gasteiger partial charge in [0.15, 0.2) is 0 Å². The van der Waals surface area contributed by atoms with Gasteiger partial charge < -0.3 is 14.4 Å². The van der Waals surface area contributed by atoms with Crippen LogP contribution in [-0.4, -0.2) is 23.0 Å². The van der Waals surface area contributed by atoms with E-state index in [0.29, 0.717) is 11.3 Å². The second-order valence-corrected chi connectivity index (χ2v) is 17.5. The first kappa shape index (κ1) is 31.4. The first-order valence-electron chi connectivity index (χ1n) is 13.8. The zero-order valence-electron chi connectivity index (χ0n) is 24.8. The molecule has 0 amide bonds. The molecule has 0 saturated heterocycles. The van der Waals surface area contributed by atoms with Crippen LogP contribution in [0, 0.1) is 23.5 Å². The van der Waals surface area contributed by atoms with E-state index in [1.54, 1.807) is 6.07 Å². The summed E-state index contributed by atoms with van der Waals surface area (Å²) in [7, 11) is -1.23. The largest absolute Gasteiger partial charge is 0.486 e. The van der Waals surface area contributed by atoms with Crippen molar-refractivity contribution >= 4 is 35.3 Å². The summed E-state index contributed by atoms with van der Waals surface area (Å²) in [6.07, 6.45) is 4.78. The van der Waals surface area contributed by atoms with Gasteiger partial charge in [0, 0.05) is 37.9 Å². The van der Waals surface area contributed by atoms with Gasteiger partial charge in [-0.2, -0.15) is 9.37 Å². The Labute approximate surface area is 261 Å². The number of halogens is 1. The molecule has 6 rings (SSSR count). The Morgan fingerprint density at radius 2 is 1.67 bits per heavy atom. The number of fused-ring (bicyclic) bond motifs is 3. The second kappa shape index (κ2) is 12.8. The van der Waals surface area contributed by atoms with E-state index in [9.17, 15) is 4.39 Å². The van der Waals surface area contributed by atoms with Gasteiger partial charge in [0.1, 0.15) is 0 Å². The monoisotopic (exact) mass is 752 g/mol. The summed E-state index contributed by atoms with van der Waals surface area (Å²) in [6, 6.07) is 29.5. The van der Waals surface area contributed by atoms with Crippen molar-refractivity contribution in [2.24, 2.45) is 5.41 Å². The van der Waals surface area contributed by atoms with E-state index in [1.807, 2.05) is 54.9 Å². The van der Waals surface area contributed by atoms with Gasteiger partial charge in [0.05, 0.1) is 13.7 Å². The molecular weight excluding hydrogens is 718 g/mol. The minimum absolute atomic E-state index is 0. The number of furan rings is 1. The molecule has 7 heteroatoms. The van der Waals surface area contributed by atoms with Crippen molar-refractivity contribution in [2.75, 3.05) is 0 Å². The van der Waals surface area contributed by atoms with Crippen molar-refractivity contribution in [3.63, 3.8) is 0 Å². The van der Waals surface area contributed by atoms with E-state index >= 15 is 0 Å². The molecule has 0 aliphatic carbocycles. The second-order valence-electron chi connectivity index (χ2n) is 12.4. The molecule has 0 saturated carbocycles. The SMILES string of the molecule is CC(C)(C)Cc1ccnc(-c2[c-]ccc3c2oc2nc(F)ccc23)c1.C[Si](C)(C)c1ccc(-c2[c-]cccc2)nc1.[Ir]. The van der Waals surface area contributed by atoms with Gasteiger partial charge in [-0.05, 0) is 46.6 Å². The number of aromatic nitrogens is 3. The summed E-state index contributed by atoms with van der Waals surface area (Å²) in [5, 5.41) is 3.07. The molecule has 0 unspecified atom stereocenters. The molecule has 4 nitrogen and oxygen atoms in total. The first-order chi connectivity index (χ1) is 19.5. The van der Waals surface area contributed by atoms with Crippen molar-refractivity contribution in [3.8, 4) is 22.5 Å². The molecular formula is C35H34FIrN3OSi-2. The maximum absolute atomic E-state index is 13.4. The smallest absolute Gasteiger partial charge is 0.218 e. The van der Waals surface area contributed by atoms with Crippen LogP contribution in [0.15, 0.2) is 89.6 Å². The molecule has 0 spiro atoms. The molecule has 0 aliphatic rings. The van der Waals surface area contributed by atoms with Gasteiger partial charge in [-0.15, -0.1) is 54.1 Å². The van der Waals surface area contributed by atoms with Crippen molar-refractivity contribution in [1.29, 1.82) is 0 Å². The maximum atomic E-state index is 13.4. The van der Waals surface area contributed by atoms with Gasteiger partial charge in [-0.25, -0.2) is 0 Å². The van der Waals surface area contributed by atoms with E-state index < -0.39 is 14.0 Å². The minimum atomic E-state index is -1.23. The molecule has 6 aromatic rings. The number of rotatable bonds is 4. The van der Waals surface area contributed by atoms with Crippen LogP contribution >= 0.6 is 0 Å². The van der Waals surface area contributed by atoms with Crippen molar-refractivity contribution in [1.82, 2.24) is 15.0 Å². The summed E-state index contributed by atoms with van der Waals surface area (Å²) < 4.78 is 19.2. The molecule has 4 heterocycles. The molecule has 0 atom stereocenters. The van der Waals surface area contributed by atoms with E-state index in [4.69, 9.17) is 4.42 Å². The average molecular weight is 752 g/mol. The molecule has 0 N–H and O–H groups in total. The summed E-state index contributed by atoms with van der Waals surface area (Å²) in [5.41, 5.74) is 5.96. The maximum Gasteiger partial charge on any atom is 0.218 e. The standard InChI is InChI=1S/C21H18FN2O.C14H16NSi.Ir/c1-21(2,3)12-13-9-10-23-17(11-13)16-6-4-5-14-15-7-8-18(22)24-20(15)25-19(14)16;1-16(2,3)13-9-10-14(15-11-13)12-7-5-4-6-8-12;/h4-5,7-11H,12H2,1-3H3;4-7,9-11H,1-3H3;/q2*-1;. The third-order valence-corrected chi connectivity index (χ3v) is 8.72. The molecule has 0 bridgehead atoms. The number of hydrogen-bond donors (Lipinski definition) is 0. The first-order valence-corrected chi connectivity index (χ1v) is 17.3.